The Balaban J connectivity index is 2.49. The Bertz CT molecular complexity index is 392. The molecule has 0 aliphatic carbocycles. The summed E-state index contributed by atoms with van der Waals surface area (Å²) < 4.78 is 0. The number of aromatic nitrogens is 1. The van der Waals surface area contributed by atoms with Crippen molar-refractivity contribution in [3.63, 3.8) is 0 Å². The molecule has 1 aromatic heterocycles. The highest BCUT2D eigenvalue weighted by Gasteiger charge is 2.06. The van der Waals surface area contributed by atoms with Gasteiger partial charge >= 0.3 is 0 Å². The fraction of sp³-hybridized carbons (Fsp3) is 0.444. The van der Waals surface area contributed by atoms with Crippen molar-refractivity contribution in [2.24, 2.45) is 16.5 Å². The van der Waals surface area contributed by atoms with E-state index in [0.29, 0.717) is 11.7 Å². The highest BCUT2D eigenvalue weighted by molar-refractivity contribution is 8.13. The van der Waals surface area contributed by atoms with Crippen LogP contribution in [0.2, 0.25) is 0 Å². The Kier molecular flexibility index (Phi) is 4.75. The Morgan fingerprint density at radius 2 is 2.31 bits per heavy atom. The number of thiazole rings is 1. The van der Waals surface area contributed by atoms with Gasteiger partial charge < -0.3 is 11.5 Å². The second-order valence-electron chi connectivity index (χ2n) is 3.46. The van der Waals surface area contributed by atoms with Crippen molar-refractivity contribution >= 4 is 34.2 Å². The molecule has 5 N–H and O–H groups in total. The van der Waals surface area contributed by atoms with Crippen LogP contribution < -0.4 is 11.5 Å². The topological polar surface area (TPSA) is 101 Å². The van der Waals surface area contributed by atoms with E-state index in [1.807, 2.05) is 5.38 Å². The largest absolute Gasteiger partial charge is 0.370 e. The molecule has 88 valence electrons. The third kappa shape index (κ3) is 4.19. The molecule has 0 fully saturated rings. The van der Waals surface area contributed by atoms with Gasteiger partial charge in [-0.3, -0.25) is 5.41 Å². The number of rotatable bonds is 3. The van der Waals surface area contributed by atoms with Gasteiger partial charge in [0, 0.05) is 17.1 Å². The Labute approximate surface area is 103 Å². The number of nitrogens with two attached hydrogens (primary N) is 2. The summed E-state index contributed by atoms with van der Waals surface area (Å²) in [5.41, 5.74) is 11.3. The normalized spacial score (nSPS) is 10.4. The van der Waals surface area contributed by atoms with E-state index >= 15 is 0 Å². The van der Waals surface area contributed by atoms with Gasteiger partial charge in [-0.25, -0.2) is 4.98 Å². The second-order valence-corrected chi connectivity index (χ2v) is 5.32. The van der Waals surface area contributed by atoms with E-state index in [9.17, 15) is 0 Å². The summed E-state index contributed by atoms with van der Waals surface area (Å²) in [4.78, 5) is 8.08. The molecular formula is C9H15N5S2. The van der Waals surface area contributed by atoms with E-state index in [0.717, 1.165) is 10.7 Å². The van der Waals surface area contributed by atoms with Gasteiger partial charge in [0.05, 0.1) is 10.7 Å². The average molecular weight is 257 g/mol. The number of hydrogen-bond acceptors (Lipinski definition) is 4. The molecule has 1 heterocycles. The first kappa shape index (κ1) is 13.0. The lowest BCUT2D eigenvalue weighted by Gasteiger charge is -1.98. The summed E-state index contributed by atoms with van der Waals surface area (Å²) in [5, 5.41) is 10.7. The van der Waals surface area contributed by atoms with Crippen molar-refractivity contribution in [3.05, 3.63) is 16.1 Å². The quantitative estimate of drug-likeness (QED) is 0.566. The zero-order valence-corrected chi connectivity index (χ0v) is 10.9. The van der Waals surface area contributed by atoms with Gasteiger partial charge in [-0.1, -0.05) is 25.6 Å². The van der Waals surface area contributed by atoms with Gasteiger partial charge in [-0.15, -0.1) is 11.3 Å². The summed E-state index contributed by atoms with van der Waals surface area (Å²) in [6.07, 6.45) is 0. The summed E-state index contributed by atoms with van der Waals surface area (Å²) in [7, 11) is 0. The van der Waals surface area contributed by atoms with Gasteiger partial charge in [0.2, 0.25) is 0 Å². The molecule has 1 rings (SSSR count). The van der Waals surface area contributed by atoms with Gasteiger partial charge in [0.25, 0.3) is 0 Å². The van der Waals surface area contributed by atoms with Crippen LogP contribution in [0, 0.1) is 5.41 Å². The minimum absolute atomic E-state index is 0.0846. The molecule has 0 aromatic carbocycles. The molecule has 0 bridgehead atoms. The molecule has 16 heavy (non-hydrogen) atoms. The third-order valence-corrected chi connectivity index (χ3v) is 3.65. The highest BCUT2D eigenvalue weighted by Crippen LogP contribution is 2.22. The fourth-order valence-electron chi connectivity index (χ4n) is 0.946. The van der Waals surface area contributed by atoms with Crippen LogP contribution >= 0.6 is 23.1 Å². The molecule has 0 spiro atoms. The number of guanidine groups is 1. The first-order chi connectivity index (χ1) is 7.49. The van der Waals surface area contributed by atoms with E-state index in [1.165, 1.54) is 11.8 Å². The number of aliphatic imine (C=N–C) groups is 1. The van der Waals surface area contributed by atoms with Gasteiger partial charge in [-0.2, -0.15) is 4.99 Å². The maximum absolute atomic E-state index is 7.45. The molecule has 0 aliphatic rings. The molecule has 0 amide bonds. The number of amidine groups is 1. The average Bonchev–Trinajstić information content (AvgIpc) is 2.61. The molecule has 0 radical (unpaired) electrons. The Hall–Kier alpha value is -1.08. The minimum Gasteiger partial charge on any atom is -0.370 e. The molecule has 0 saturated carbocycles. The van der Waals surface area contributed by atoms with Crippen LogP contribution in [0.1, 0.15) is 30.5 Å². The SMILES string of the molecule is CC(C)c1nc(CSC(=N)N=C(N)N)cs1. The highest BCUT2D eigenvalue weighted by atomic mass is 32.2. The smallest absolute Gasteiger partial charge is 0.193 e. The maximum Gasteiger partial charge on any atom is 0.193 e. The zero-order chi connectivity index (χ0) is 12.1. The van der Waals surface area contributed by atoms with Crippen molar-refractivity contribution in [3.8, 4) is 0 Å². The summed E-state index contributed by atoms with van der Waals surface area (Å²) >= 11 is 2.91. The number of thioether (sulfide) groups is 1. The summed E-state index contributed by atoms with van der Waals surface area (Å²) in [6.45, 7) is 4.22. The molecule has 0 aliphatic heterocycles. The zero-order valence-electron chi connectivity index (χ0n) is 9.23. The van der Waals surface area contributed by atoms with E-state index in [2.05, 4.69) is 23.8 Å². The first-order valence-electron chi connectivity index (χ1n) is 4.74. The minimum atomic E-state index is -0.0846. The van der Waals surface area contributed by atoms with Crippen molar-refractivity contribution in [2.45, 2.75) is 25.5 Å². The molecule has 1 aromatic rings. The monoisotopic (exact) mass is 257 g/mol. The molecule has 7 heteroatoms. The Morgan fingerprint density at radius 3 is 2.81 bits per heavy atom. The van der Waals surface area contributed by atoms with Crippen molar-refractivity contribution in [2.75, 3.05) is 0 Å². The lowest BCUT2D eigenvalue weighted by atomic mass is 10.2. The van der Waals surface area contributed by atoms with Crippen molar-refractivity contribution < 1.29 is 0 Å². The van der Waals surface area contributed by atoms with Gasteiger partial charge in [-0.05, 0) is 0 Å². The van der Waals surface area contributed by atoms with E-state index in [4.69, 9.17) is 16.9 Å². The molecule has 5 nitrogen and oxygen atoms in total. The van der Waals surface area contributed by atoms with E-state index in [1.54, 1.807) is 11.3 Å². The van der Waals surface area contributed by atoms with Crippen LogP contribution in [0.5, 0.6) is 0 Å². The molecule has 0 saturated heterocycles. The molecule has 0 atom stereocenters. The molecular weight excluding hydrogens is 242 g/mol. The fourth-order valence-corrected chi connectivity index (χ4v) is 2.49. The van der Waals surface area contributed by atoms with Crippen LogP contribution in [0.15, 0.2) is 10.4 Å². The van der Waals surface area contributed by atoms with Crippen molar-refractivity contribution in [1.82, 2.24) is 4.98 Å². The third-order valence-electron chi connectivity index (χ3n) is 1.65. The van der Waals surface area contributed by atoms with Crippen LogP contribution in [0.4, 0.5) is 0 Å². The predicted molar refractivity (Wildman–Crippen MR) is 71.0 cm³/mol. The standard InChI is InChI=1S/C9H15N5S2/c1-5(2)7-13-6(3-15-7)4-16-9(12)14-8(10)11/h3,5H,4H2,1-2H3,(H5,10,11,12,14). The lowest BCUT2D eigenvalue weighted by Crippen LogP contribution is -2.23. The Morgan fingerprint density at radius 1 is 1.62 bits per heavy atom. The predicted octanol–water partition coefficient (Wildman–Crippen LogP) is 1.71. The number of nitrogens with zero attached hydrogens (tertiary/aromatic N) is 2. The van der Waals surface area contributed by atoms with E-state index < -0.39 is 0 Å². The summed E-state index contributed by atoms with van der Waals surface area (Å²) in [5.74, 6) is 0.985. The number of hydrogen-bond donors (Lipinski definition) is 3. The van der Waals surface area contributed by atoms with Gasteiger partial charge in [0.15, 0.2) is 11.1 Å². The summed E-state index contributed by atoms with van der Waals surface area (Å²) in [6, 6.07) is 0. The number of nitrogens with one attached hydrogen (secondary N) is 1. The van der Waals surface area contributed by atoms with Crippen LogP contribution in [0.3, 0.4) is 0 Å². The molecule has 0 unspecified atom stereocenters. The maximum atomic E-state index is 7.45. The van der Waals surface area contributed by atoms with Crippen LogP contribution in [0.25, 0.3) is 0 Å². The second kappa shape index (κ2) is 5.86. The lowest BCUT2D eigenvalue weighted by molar-refractivity contribution is 0.846. The van der Waals surface area contributed by atoms with Crippen molar-refractivity contribution in [1.29, 1.82) is 5.41 Å². The van der Waals surface area contributed by atoms with E-state index in [-0.39, 0.29) is 11.1 Å². The van der Waals surface area contributed by atoms with Gasteiger partial charge in [0.1, 0.15) is 0 Å². The first-order valence-corrected chi connectivity index (χ1v) is 6.61. The van der Waals surface area contributed by atoms with Crippen LogP contribution in [-0.4, -0.2) is 16.1 Å². The van der Waals surface area contributed by atoms with Crippen LogP contribution in [-0.2, 0) is 5.75 Å².